The van der Waals surface area contributed by atoms with Gasteiger partial charge in [-0.3, -0.25) is 4.79 Å². The molecule has 8 nitrogen and oxygen atoms in total. The van der Waals surface area contributed by atoms with Gasteiger partial charge in [-0.25, -0.2) is 14.6 Å². The van der Waals surface area contributed by atoms with Crippen LogP contribution in [0.1, 0.15) is 64.8 Å². The maximum atomic E-state index is 12.7. The van der Waals surface area contributed by atoms with Crippen LogP contribution in [0.3, 0.4) is 0 Å². The number of pyridine rings is 1. The van der Waals surface area contributed by atoms with Gasteiger partial charge in [-0.2, -0.15) is 0 Å². The van der Waals surface area contributed by atoms with E-state index in [2.05, 4.69) is 10.3 Å². The Bertz CT molecular complexity index is 969. The lowest BCUT2D eigenvalue weighted by Gasteiger charge is -2.14. The number of carbonyl (C=O) groups is 3. The minimum absolute atomic E-state index is 0.143. The lowest BCUT2D eigenvalue weighted by atomic mass is 9.95. The molecule has 9 heteroatoms. The van der Waals surface area contributed by atoms with Crippen LogP contribution in [0.4, 0.5) is 5.00 Å². The predicted octanol–water partition coefficient (Wildman–Crippen LogP) is 3.78. The maximum Gasteiger partial charge on any atom is 0.344 e. The minimum atomic E-state index is -0.711. The van der Waals surface area contributed by atoms with E-state index in [1.54, 1.807) is 26.8 Å². The van der Waals surface area contributed by atoms with Crippen LogP contribution in [0, 0.1) is 0 Å². The largest absolute Gasteiger partial charge is 0.477 e. The molecule has 2 aromatic rings. The lowest BCUT2D eigenvalue weighted by molar-refractivity contribution is -0.119. The molecule has 0 radical (unpaired) electrons. The van der Waals surface area contributed by atoms with Gasteiger partial charge in [0, 0.05) is 11.1 Å². The number of nitrogens with one attached hydrogen (secondary N) is 1. The van der Waals surface area contributed by atoms with Crippen LogP contribution < -0.4 is 10.1 Å². The summed E-state index contributed by atoms with van der Waals surface area (Å²) in [5, 5.41) is 3.16. The zero-order chi connectivity index (χ0) is 22.4. The minimum Gasteiger partial charge on any atom is -0.477 e. The SMILES string of the molecule is CCOc1ncccc1C(=O)OCC(=O)Nc1sc2c(c1C(=O)OC(C)C)CCCC2. The standard InChI is InChI=1S/C22H26N2O6S/c1-4-28-19-15(9-7-11-23-19)21(26)29-12-17(25)24-20-18(22(27)30-13(2)3)14-8-5-6-10-16(14)31-20/h7,9,11,13H,4-6,8,10,12H2,1-3H3,(H,24,25). The first kappa shape index (κ1) is 22.7. The third-order valence-electron chi connectivity index (χ3n) is 4.58. The number of carbonyl (C=O) groups excluding carboxylic acids is 3. The Hall–Kier alpha value is -2.94. The average molecular weight is 447 g/mol. The summed E-state index contributed by atoms with van der Waals surface area (Å²) in [5.41, 5.74) is 1.51. The number of amides is 1. The molecule has 0 fully saturated rings. The van der Waals surface area contributed by atoms with Crippen molar-refractivity contribution in [3.63, 3.8) is 0 Å². The number of rotatable bonds is 8. The van der Waals surface area contributed by atoms with Gasteiger partial charge in [-0.15, -0.1) is 11.3 Å². The summed E-state index contributed by atoms with van der Waals surface area (Å²) in [6.45, 7) is 5.18. The van der Waals surface area contributed by atoms with Crippen LogP contribution in [0.5, 0.6) is 5.88 Å². The van der Waals surface area contributed by atoms with Crippen molar-refractivity contribution >= 4 is 34.2 Å². The Morgan fingerprint density at radius 3 is 2.71 bits per heavy atom. The fourth-order valence-electron chi connectivity index (χ4n) is 3.31. The number of ether oxygens (including phenoxy) is 3. The smallest absolute Gasteiger partial charge is 0.344 e. The highest BCUT2D eigenvalue weighted by atomic mass is 32.1. The second kappa shape index (κ2) is 10.4. The Balaban J connectivity index is 1.70. The molecule has 0 aliphatic heterocycles. The molecule has 2 heterocycles. The number of aryl methyl sites for hydroxylation is 1. The Kier molecular flexibility index (Phi) is 7.62. The number of hydrogen-bond acceptors (Lipinski definition) is 8. The zero-order valence-corrected chi connectivity index (χ0v) is 18.7. The van der Waals surface area contributed by atoms with Crippen molar-refractivity contribution in [2.24, 2.45) is 0 Å². The second-order valence-electron chi connectivity index (χ2n) is 7.28. The molecule has 1 amide bonds. The number of esters is 2. The number of nitrogens with zero attached hydrogens (tertiary/aromatic N) is 1. The van der Waals surface area contributed by atoms with E-state index in [9.17, 15) is 14.4 Å². The van der Waals surface area contributed by atoms with Crippen LogP contribution in [-0.2, 0) is 27.1 Å². The molecule has 0 atom stereocenters. The molecule has 0 aromatic carbocycles. The Labute approximate surface area is 184 Å². The molecule has 166 valence electrons. The fourth-order valence-corrected chi connectivity index (χ4v) is 4.61. The molecule has 31 heavy (non-hydrogen) atoms. The number of thiophene rings is 1. The number of fused-ring (bicyclic) bond motifs is 1. The van der Waals surface area contributed by atoms with E-state index in [0.29, 0.717) is 17.2 Å². The van der Waals surface area contributed by atoms with Crippen molar-refractivity contribution in [3.05, 3.63) is 39.9 Å². The highest BCUT2D eigenvalue weighted by Gasteiger charge is 2.28. The van der Waals surface area contributed by atoms with E-state index in [-0.39, 0.29) is 17.5 Å². The lowest BCUT2D eigenvalue weighted by Crippen LogP contribution is -2.22. The van der Waals surface area contributed by atoms with Crippen molar-refractivity contribution in [1.29, 1.82) is 0 Å². The molecule has 0 bridgehead atoms. The average Bonchev–Trinajstić information content (AvgIpc) is 3.10. The van der Waals surface area contributed by atoms with Gasteiger partial charge < -0.3 is 19.5 Å². The number of hydrogen-bond donors (Lipinski definition) is 1. The quantitative estimate of drug-likeness (QED) is 0.615. The van der Waals surface area contributed by atoms with Crippen LogP contribution in [0.15, 0.2) is 18.3 Å². The van der Waals surface area contributed by atoms with E-state index < -0.39 is 24.5 Å². The molecule has 0 saturated carbocycles. The van der Waals surface area contributed by atoms with Gasteiger partial charge in [0.25, 0.3) is 5.91 Å². The van der Waals surface area contributed by atoms with Crippen LogP contribution >= 0.6 is 11.3 Å². The molecule has 0 unspecified atom stereocenters. The molecular formula is C22H26N2O6S. The van der Waals surface area contributed by atoms with E-state index in [0.717, 1.165) is 36.1 Å². The van der Waals surface area contributed by atoms with Crippen LogP contribution in [0.25, 0.3) is 0 Å². The highest BCUT2D eigenvalue weighted by molar-refractivity contribution is 7.17. The third-order valence-corrected chi connectivity index (χ3v) is 5.78. The van der Waals surface area contributed by atoms with Gasteiger partial charge in [0.15, 0.2) is 6.61 Å². The van der Waals surface area contributed by atoms with Crippen molar-refractivity contribution in [1.82, 2.24) is 4.98 Å². The Morgan fingerprint density at radius 1 is 1.19 bits per heavy atom. The normalized spacial score (nSPS) is 12.8. The molecular weight excluding hydrogens is 420 g/mol. The van der Waals surface area contributed by atoms with E-state index in [1.807, 2.05) is 0 Å². The Morgan fingerprint density at radius 2 is 1.97 bits per heavy atom. The molecule has 3 rings (SSSR count). The molecule has 2 aromatic heterocycles. The van der Waals surface area contributed by atoms with Gasteiger partial charge in [-0.1, -0.05) is 0 Å². The maximum absolute atomic E-state index is 12.7. The molecule has 1 aliphatic rings. The summed E-state index contributed by atoms with van der Waals surface area (Å²) in [7, 11) is 0. The zero-order valence-electron chi connectivity index (χ0n) is 17.9. The summed E-state index contributed by atoms with van der Waals surface area (Å²) >= 11 is 1.38. The van der Waals surface area contributed by atoms with Crippen LogP contribution in [-0.4, -0.2) is 42.1 Å². The van der Waals surface area contributed by atoms with E-state index in [4.69, 9.17) is 14.2 Å². The fraction of sp³-hybridized carbons (Fsp3) is 0.455. The number of aromatic nitrogens is 1. The first-order valence-electron chi connectivity index (χ1n) is 10.3. The first-order chi connectivity index (χ1) is 14.9. The van der Waals surface area contributed by atoms with E-state index in [1.165, 1.54) is 23.6 Å². The third kappa shape index (κ3) is 5.61. The monoisotopic (exact) mass is 446 g/mol. The second-order valence-corrected chi connectivity index (χ2v) is 8.39. The van der Waals surface area contributed by atoms with Crippen molar-refractivity contribution < 1.29 is 28.6 Å². The van der Waals surface area contributed by atoms with Gasteiger partial charge in [0.05, 0.1) is 18.3 Å². The summed E-state index contributed by atoms with van der Waals surface area (Å²) in [6, 6.07) is 3.10. The van der Waals surface area contributed by atoms with Gasteiger partial charge in [0.2, 0.25) is 5.88 Å². The van der Waals surface area contributed by atoms with E-state index >= 15 is 0 Å². The van der Waals surface area contributed by atoms with Crippen molar-refractivity contribution in [3.8, 4) is 5.88 Å². The molecule has 1 aliphatic carbocycles. The highest BCUT2D eigenvalue weighted by Crippen LogP contribution is 2.38. The van der Waals surface area contributed by atoms with Crippen molar-refractivity contribution in [2.75, 3.05) is 18.5 Å². The van der Waals surface area contributed by atoms with Crippen molar-refractivity contribution in [2.45, 2.75) is 52.6 Å². The van der Waals surface area contributed by atoms with Gasteiger partial charge >= 0.3 is 11.9 Å². The summed E-state index contributed by atoms with van der Waals surface area (Å²) in [5.74, 6) is -1.54. The molecule has 0 spiro atoms. The van der Waals surface area contributed by atoms with Gasteiger partial charge in [0.1, 0.15) is 10.6 Å². The predicted molar refractivity (Wildman–Crippen MR) is 116 cm³/mol. The summed E-state index contributed by atoms with van der Waals surface area (Å²) in [6.07, 6.45) is 4.92. The topological polar surface area (TPSA) is 104 Å². The summed E-state index contributed by atoms with van der Waals surface area (Å²) < 4.78 is 15.8. The first-order valence-corrected chi connectivity index (χ1v) is 11.1. The van der Waals surface area contributed by atoms with Gasteiger partial charge in [-0.05, 0) is 64.2 Å². The summed E-state index contributed by atoms with van der Waals surface area (Å²) in [4.78, 5) is 42.6. The number of anilines is 1. The molecule has 0 saturated heterocycles. The molecule has 1 N–H and O–H groups in total. The van der Waals surface area contributed by atoms with Crippen LogP contribution in [0.2, 0.25) is 0 Å².